The predicted octanol–water partition coefficient (Wildman–Crippen LogP) is 1.61. The van der Waals surface area contributed by atoms with E-state index in [1.807, 2.05) is 13.0 Å². The number of carbonyl (C=O) groups excluding carboxylic acids is 1. The molecule has 0 bridgehead atoms. The summed E-state index contributed by atoms with van der Waals surface area (Å²) in [6, 6.07) is 3.61. The largest absolute Gasteiger partial charge is 0.490 e. The molecule has 2 aromatic heterocycles. The Labute approximate surface area is 129 Å². The summed E-state index contributed by atoms with van der Waals surface area (Å²) in [5, 5.41) is 18.7. The van der Waals surface area contributed by atoms with Crippen LogP contribution in [0.25, 0.3) is 5.65 Å². The second-order valence-corrected chi connectivity index (χ2v) is 5.77. The number of rotatable bonds is 7. The summed E-state index contributed by atoms with van der Waals surface area (Å²) in [6.07, 6.45) is 1.81. The van der Waals surface area contributed by atoms with Gasteiger partial charge in [0.2, 0.25) is 0 Å². The Hall–Kier alpha value is -1.92. The predicted molar refractivity (Wildman–Crippen MR) is 82.3 cm³/mol. The quantitative estimate of drug-likeness (QED) is 0.759. The van der Waals surface area contributed by atoms with Gasteiger partial charge < -0.3 is 14.9 Å². The van der Waals surface area contributed by atoms with Crippen molar-refractivity contribution >= 4 is 11.4 Å². The Kier molecular flexibility index (Phi) is 4.83. The minimum absolute atomic E-state index is 0.0491. The number of aryl methyl sites for hydroxylation is 1. The second-order valence-electron chi connectivity index (χ2n) is 5.77. The molecule has 0 aliphatic heterocycles. The number of ether oxygens (including phenoxy) is 1. The van der Waals surface area contributed by atoms with Crippen LogP contribution in [-0.4, -0.2) is 45.2 Å². The van der Waals surface area contributed by atoms with E-state index in [1.54, 1.807) is 30.5 Å². The van der Waals surface area contributed by atoms with Crippen LogP contribution in [0, 0.1) is 12.3 Å². The maximum atomic E-state index is 12.6. The highest BCUT2D eigenvalue weighted by Gasteiger charge is 2.29. The van der Waals surface area contributed by atoms with Crippen LogP contribution in [0.2, 0.25) is 0 Å². The zero-order valence-corrected chi connectivity index (χ0v) is 13.2. The normalized spacial score (nSPS) is 11.9. The Morgan fingerprint density at radius 1 is 1.41 bits per heavy atom. The van der Waals surface area contributed by atoms with Gasteiger partial charge in [-0.25, -0.2) is 4.98 Å². The number of aliphatic hydroxyl groups is 2. The fourth-order valence-electron chi connectivity index (χ4n) is 2.39. The van der Waals surface area contributed by atoms with E-state index in [2.05, 4.69) is 4.98 Å². The summed E-state index contributed by atoms with van der Waals surface area (Å²) < 4.78 is 7.24. The van der Waals surface area contributed by atoms with Crippen molar-refractivity contribution in [3.8, 4) is 5.75 Å². The van der Waals surface area contributed by atoms with Crippen LogP contribution >= 0.6 is 0 Å². The highest BCUT2D eigenvalue weighted by Crippen LogP contribution is 2.26. The van der Waals surface area contributed by atoms with Crippen LogP contribution in [-0.2, 0) is 0 Å². The van der Waals surface area contributed by atoms with E-state index in [-0.39, 0.29) is 25.4 Å². The molecular weight excluding hydrogens is 284 g/mol. The SMILES string of the molecule is CCOc1cccn2c(C(=O)CC(C)(CO)CO)c(C)nc12. The average molecular weight is 306 g/mol. The third kappa shape index (κ3) is 2.98. The molecule has 0 aliphatic rings. The van der Waals surface area contributed by atoms with Gasteiger partial charge >= 0.3 is 0 Å². The van der Waals surface area contributed by atoms with Crippen molar-refractivity contribution < 1.29 is 19.7 Å². The number of imidazole rings is 1. The molecule has 6 nitrogen and oxygen atoms in total. The van der Waals surface area contributed by atoms with E-state index in [0.717, 1.165) is 0 Å². The van der Waals surface area contributed by atoms with Gasteiger partial charge in [-0.2, -0.15) is 0 Å². The molecular formula is C16H22N2O4. The zero-order valence-electron chi connectivity index (χ0n) is 13.2. The van der Waals surface area contributed by atoms with Crippen molar-refractivity contribution in [3.63, 3.8) is 0 Å². The number of hydrogen-bond acceptors (Lipinski definition) is 5. The average Bonchev–Trinajstić information content (AvgIpc) is 2.84. The minimum atomic E-state index is -0.842. The lowest BCUT2D eigenvalue weighted by Gasteiger charge is -2.23. The molecule has 2 rings (SSSR count). The highest BCUT2D eigenvalue weighted by molar-refractivity contribution is 5.97. The lowest BCUT2D eigenvalue weighted by Crippen LogP contribution is -2.29. The summed E-state index contributed by atoms with van der Waals surface area (Å²) in [5.74, 6) is 0.462. The lowest BCUT2D eigenvalue weighted by molar-refractivity contribution is 0.0538. The first kappa shape index (κ1) is 16.5. The molecule has 0 fully saturated rings. The number of nitrogens with zero attached hydrogens (tertiary/aromatic N) is 2. The molecule has 2 aromatic rings. The van der Waals surface area contributed by atoms with Crippen LogP contribution in [0.15, 0.2) is 18.3 Å². The van der Waals surface area contributed by atoms with Gasteiger partial charge in [-0.3, -0.25) is 9.20 Å². The Balaban J connectivity index is 2.45. The van der Waals surface area contributed by atoms with Gasteiger partial charge in [0.05, 0.1) is 25.5 Å². The molecule has 0 spiro atoms. The van der Waals surface area contributed by atoms with Gasteiger partial charge in [-0.05, 0) is 26.0 Å². The van der Waals surface area contributed by atoms with Gasteiger partial charge in [0.15, 0.2) is 17.2 Å². The number of ketones is 1. The van der Waals surface area contributed by atoms with Crippen molar-refractivity contribution in [2.24, 2.45) is 5.41 Å². The monoisotopic (exact) mass is 306 g/mol. The molecule has 0 atom stereocenters. The topological polar surface area (TPSA) is 84.1 Å². The van der Waals surface area contributed by atoms with Crippen LogP contribution in [0.1, 0.15) is 36.5 Å². The van der Waals surface area contributed by atoms with Gasteiger partial charge in [-0.1, -0.05) is 6.92 Å². The number of carbonyl (C=O) groups is 1. The first-order valence-corrected chi connectivity index (χ1v) is 7.31. The van der Waals surface area contributed by atoms with Crippen LogP contribution < -0.4 is 4.74 Å². The summed E-state index contributed by atoms with van der Waals surface area (Å²) in [4.78, 5) is 17.0. The lowest BCUT2D eigenvalue weighted by atomic mass is 9.86. The van der Waals surface area contributed by atoms with Gasteiger partial charge in [-0.15, -0.1) is 0 Å². The smallest absolute Gasteiger partial charge is 0.182 e. The third-order valence-electron chi connectivity index (χ3n) is 3.70. The van der Waals surface area contributed by atoms with E-state index in [9.17, 15) is 15.0 Å². The van der Waals surface area contributed by atoms with E-state index < -0.39 is 5.41 Å². The van der Waals surface area contributed by atoms with Gasteiger partial charge in [0, 0.05) is 18.0 Å². The maximum absolute atomic E-state index is 12.6. The molecule has 0 radical (unpaired) electrons. The maximum Gasteiger partial charge on any atom is 0.182 e. The summed E-state index contributed by atoms with van der Waals surface area (Å²) in [6.45, 7) is 5.34. The summed E-state index contributed by atoms with van der Waals surface area (Å²) >= 11 is 0. The van der Waals surface area contributed by atoms with Gasteiger partial charge in [0.1, 0.15) is 5.69 Å². The molecule has 0 aromatic carbocycles. The Morgan fingerprint density at radius 3 is 2.68 bits per heavy atom. The van der Waals surface area contributed by atoms with Crippen LogP contribution in [0.4, 0.5) is 0 Å². The minimum Gasteiger partial charge on any atom is -0.490 e. The van der Waals surface area contributed by atoms with Crippen LogP contribution in [0.5, 0.6) is 5.75 Å². The Bertz CT molecular complexity index is 674. The third-order valence-corrected chi connectivity index (χ3v) is 3.70. The fourth-order valence-corrected chi connectivity index (χ4v) is 2.39. The first-order chi connectivity index (χ1) is 10.5. The molecule has 120 valence electrons. The van der Waals surface area contributed by atoms with E-state index >= 15 is 0 Å². The molecule has 2 N–H and O–H groups in total. The standard InChI is InChI=1S/C16H22N2O4/c1-4-22-13-6-5-7-18-14(11(2)17-15(13)18)12(21)8-16(3,9-19)10-20/h5-7,19-20H,4,8-10H2,1-3H3. The van der Waals surface area contributed by atoms with Crippen molar-refractivity contribution in [2.45, 2.75) is 27.2 Å². The van der Waals surface area contributed by atoms with Crippen LogP contribution in [0.3, 0.4) is 0 Å². The van der Waals surface area contributed by atoms with E-state index in [0.29, 0.717) is 29.4 Å². The number of Topliss-reactive ketones (excluding diaryl/α,β-unsaturated/α-hetero) is 1. The van der Waals surface area contributed by atoms with Crippen molar-refractivity contribution in [1.82, 2.24) is 9.38 Å². The molecule has 0 aliphatic carbocycles. The van der Waals surface area contributed by atoms with Crippen molar-refractivity contribution in [3.05, 3.63) is 29.7 Å². The second kappa shape index (κ2) is 6.46. The number of aliphatic hydroxyl groups excluding tert-OH is 2. The summed E-state index contributed by atoms with van der Waals surface area (Å²) in [5.41, 5.74) is 0.825. The number of fused-ring (bicyclic) bond motifs is 1. The number of aromatic nitrogens is 2. The van der Waals surface area contributed by atoms with E-state index in [1.165, 1.54) is 0 Å². The molecule has 0 saturated heterocycles. The zero-order chi connectivity index (χ0) is 16.3. The molecule has 6 heteroatoms. The Morgan fingerprint density at radius 2 is 2.09 bits per heavy atom. The summed E-state index contributed by atoms with van der Waals surface area (Å²) in [7, 11) is 0. The van der Waals surface area contributed by atoms with Gasteiger partial charge in [0.25, 0.3) is 0 Å². The van der Waals surface area contributed by atoms with Crippen molar-refractivity contribution in [1.29, 1.82) is 0 Å². The first-order valence-electron chi connectivity index (χ1n) is 7.31. The van der Waals surface area contributed by atoms with Crippen molar-refractivity contribution in [2.75, 3.05) is 19.8 Å². The molecule has 22 heavy (non-hydrogen) atoms. The number of pyridine rings is 1. The molecule has 0 unspecified atom stereocenters. The highest BCUT2D eigenvalue weighted by atomic mass is 16.5. The number of hydrogen-bond donors (Lipinski definition) is 2. The molecule has 0 saturated carbocycles. The molecule has 0 amide bonds. The van der Waals surface area contributed by atoms with E-state index in [4.69, 9.17) is 4.74 Å². The fraction of sp³-hybridized carbons (Fsp3) is 0.500. The molecule has 2 heterocycles.